The Bertz CT molecular complexity index is 742. The molecule has 7 heteroatoms. The van der Waals surface area contributed by atoms with Gasteiger partial charge in [-0.2, -0.15) is 0 Å². The zero-order chi connectivity index (χ0) is 17.9. The largest absolute Gasteiger partial charge is 0.381 e. The highest BCUT2D eigenvalue weighted by Gasteiger charge is 2.46. The Balaban J connectivity index is 1.53. The number of methoxy groups -OCH3 is 1. The molecular weight excluding hydrogens is 330 g/mol. The summed E-state index contributed by atoms with van der Waals surface area (Å²) in [7, 11) is 1.77. The minimum atomic E-state index is -0.0114. The van der Waals surface area contributed by atoms with E-state index in [1.54, 1.807) is 19.4 Å². The summed E-state index contributed by atoms with van der Waals surface area (Å²) in [6.07, 6.45) is 7.73. The summed E-state index contributed by atoms with van der Waals surface area (Å²) in [6.45, 7) is 3.34. The van der Waals surface area contributed by atoms with Crippen molar-refractivity contribution in [1.29, 1.82) is 0 Å². The quantitative estimate of drug-likeness (QED) is 0.823. The molecule has 0 bridgehead atoms. The molecule has 2 aliphatic heterocycles. The average molecular weight is 353 g/mol. The van der Waals surface area contributed by atoms with Gasteiger partial charge in [-0.15, -0.1) is 0 Å². The lowest BCUT2D eigenvalue weighted by Gasteiger charge is -2.40. The van der Waals surface area contributed by atoms with Crippen LogP contribution >= 0.6 is 0 Å². The smallest absolute Gasteiger partial charge is 0.272 e. The highest BCUT2D eigenvalue weighted by molar-refractivity contribution is 5.92. The number of piperidine rings is 1. The highest BCUT2D eigenvalue weighted by atomic mass is 16.5. The molecule has 136 valence electrons. The van der Waals surface area contributed by atoms with E-state index in [2.05, 4.69) is 19.9 Å². The summed E-state index contributed by atoms with van der Waals surface area (Å²) in [6, 6.07) is 5.92. The van der Waals surface area contributed by atoms with E-state index in [-0.39, 0.29) is 18.1 Å². The molecule has 0 aromatic carbocycles. The van der Waals surface area contributed by atoms with Crippen molar-refractivity contribution in [2.24, 2.45) is 5.92 Å². The van der Waals surface area contributed by atoms with Gasteiger partial charge in [0.2, 0.25) is 0 Å². The molecule has 0 saturated carbocycles. The summed E-state index contributed by atoms with van der Waals surface area (Å²) < 4.78 is 5.74. The monoisotopic (exact) mass is 353 g/mol. The predicted molar refractivity (Wildman–Crippen MR) is 95.3 cm³/mol. The molecule has 4 rings (SSSR count). The molecule has 7 nitrogen and oxygen atoms in total. The van der Waals surface area contributed by atoms with Crippen molar-refractivity contribution in [2.75, 3.05) is 26.7 Å². The molecule has 0 N–H and O–H groups in total. The van der Waals surface area contributed by atoms with Crippen LogP contribution in [-0.4, -0.2) is 69.5 Å². The summed E-state index contributed by atoms with van der Waals surface area (Å²) in [4.78, 5) is 29.5. The number of amides is 1. The minimum Gasteiger partial charge on any atom is -0.381 e. The van der Waals surface area contributed by atoms with Gasteiger partial charge in [0.25, 0.3) is 5.91 Å². The molecule has 0 unspecified atom stereocenters. The Hall–Kier alpha value is -2.38. The van der Waals surface area contributed by atoms with Crippen LogP contribution in [0.5, 0.6) is 0 Å². The molecule has 26 heavy (non-hydrogen) atoms. The normalized spacial score (nSPS) is 25.9. The number of likely N-dealkylation sites (tertiary alicyclic amines) is 2. The first-order valence-electron chi connectivity index (χ1n) is 8.97. The van der Waals surface area contributed by atoms with Crippen molar-refractivity contribution in [2.45, 2.75) is 25.1 Å². The summed E-state index contributed by atoms with van der Waals surface area (Å²) in [5, 5.41) is 0. The minimum absolute atomic E-state index is 0.0114. The number of rotatable bonds is 4. The number of carbonyl (C=O) groups is 1. The van der Waals surface area contributed by atoms with E-state index in [9.17, 15) is 4.79 Å². The first-order chi connectivity index (χ1) is 12.8. The number of hydrogen-bond acceptors (Lipinski definition) is 6. The lowest BCUT2D eigenvalue weighted by molar-refractivity contribution is -0.0158. The third-order valence-electron chi connectivity index (χ3n) is 5.46. The second-order valence-electron chi connectivity index (χ2n) is 6.94. The Morgan fingerprint density at radius 2 is 2.00 bits per heavy atom. The maximum absolute atomic E-state index is 13.0. The SMILES string of the molecule is CO[C@@H]1CCN(C(=O)c2ccncn2)[C@H]2CN(Cc3ccncc3)C[C@@H]12. The van der Waals surface area contributed by atoms with Crippen LogP contribution in [-0.2, 0) is 11.3 Å². The summed E-state index contributed by atoms with van der Waals surface area (Å²) in [5.74, 6) is 0.309. The number of aromatic nitrogens is 3. The van der Waals surface area contributed by atoms with Gasteiger partial charge < -0.3 is 9.64 Å². The molecular formula is C19H23N5O2. The lowest BCUT2D eigenvalue weighted by Crippen LogP contribution is -2.53. The fraction of sp³-hybridized carbons (Fsp3) is 0.474. The molecule has 0 spiro atoms. The lowest BCUT2D eigenvalue weighted by atomic mass is 9.88. The third kappa shape index (κ3) is 3.32. The van der Waals surface area contributed by atoms with Gasteiger partial charge in [-0.05, 0) is 30.2 Å². The molecule has 2 aromatic heterocycles. The maximum atomic E-state index is 13.0. The molecule has 2 aliphatic rings. The van der Waals surface area contributed by atoms with Crippen molar-refractivity contribution in [3.8, 4) is 0 Å². The first-order valence-corrected chi connectivity index (χ1v) is 8.97. The van der Waals surface area contributed by atoms with Gasteiger partial charge in [0.15, 0.2) is 0 Å². The van der Waals surface area contributed by atoms with Gasteiger partial charge in [-0.25, -0.2) is 9.97 Å². The Labute approximate surface area is 153 Å². The van der Waals surface area contributed by atoms with Crippen LogP contribution in [0, 0.1) is 5.92 Å². The summed E-state index contributed by atoms with van der Waals surface area (Å²) in [5.41, 5.74) is 1.70. The number of hydrogen-bond donors (Lipinski definition) is 0. The van der Waals surface area contributed by atoms with Crippen molar-refractivity contribution in [1.82, 2.24) is 24.8 Å². The molecule has 0 aliphatic carbocycles. The van der Waals surface area contributed by atoms with Gasteiger partial charge in [-0.3, -0.25) is 14.7 Å². The van der Waals surface area contributed by atoms with Crippen molar-refractivity contribution >= 4 is 5.91 Å². The van der Waals surface area contributed by atoms with Crippen molar-refractivity contribution in [3.63, 3.8) is 0 Å². The first kappa shape index (κ1) is 17.1. The fourth-order valence-electron chi connectivity index (χ4n) is 4.22. The van der Waals surface area contributed by atoms with Gasteiger partial charge in [-0.1, -0.05) is 0 Å². The number of ether oxygens (including phenoxy) is 1. The van der Waals surface area contributed by atoms with Crippen LogP contribution in [0.2, 0.25) is 0 Å². The Kier molecular flexibility index (Phi) is 4.90. The van der Waals surface area contributed by atoms with Crippen LogP contribution in [0.15, 0.2) is 43.1 Å². The molecule has 3 atom stereocenters. The van der Waals surface area contributed by atoms with Crippen LogP contribution in [0.3, 0.4) is 0 Å². The molecule has 0 radical (unpaired) electrons. The Morgan fingerprint density at radius 3 is 2.73 bits per heavy atom. The van der Waals surface area contributed by atoms with E-state index in [4.69, 9.17) is 4.74 Å². The zero-order valence-corrected chi connectivity index (χ0v) is 14.9. The number of nitrogens with zero attached hydrogens (tertiary/aromatic N) is 5. The number of pyridine rings is 1. The third-order valence-corrected chi connectivity index (χ3v) is 5.46. The van der Waals surface area contributed by atoms with Crippen LogP contribution in [0.1, 0.15) is 22.5 Å². The highest BCUT2D eigenvalue weighted by Crippen LogP contribution is 2.33. The Morgan fingerprint density at radius 1 is 1.19 bits per heavy atom. The number of fused-ring (bicyclic) bond motifs is 1. The van der Waals surface area contributed by atoms with Crippen LogP contribution in [0.4, 0.5) is 0 Å². The molecule has 4 heterocycles. The molecule has 1 amide bonds. The van der Waals surface area contributed by atoms with E-state index in [0.29, 0.717) is 18.2 Å². The van der Waals surface area contributed by atoms with E-state index in [1.807, 2.05) is 29.4 Å². The van der Waals surface area contributed by atoms with Gasteiger partial charge >= 0.3 is 0 Å². The van der Waals surface area contributed by atoms with E-state index in [1.165, 1.54) is 11.9 Å². The van der Waals surface area contributed by atoms with Crippen LogP contribution < -0.4 is 0 Å². The predicted octanol–water partition coefficient (Wildman–Crippen LogP) is 1.23. The number of carbonyl (C=O) groups excluding carboxylic acids is 1. The van der Waals surface area contributed by atoms with Crippen molar-refractivity contribution < 1.29 is 9.53 Å². The maximum Gasteiger partial charge on any atom is 0.272 e. The van der Waals surface area contributed by atoms with Gasteiger partial charge in [0.05, 0.1) is 12.1 Å². The molecule has 2 saturated heterocycles. The fourth-order valence-corrected chi connectivity index (χ4v) is 4.22. The second-order valence-corrected chi connectivity index (χ2v) is 6.94. The van der Waals surface area contributed by atoms with Crippen LogP contribution in [0.25, 0.3) is 0 Å². The topological polar surface area (TPSA) is 71.5 Å². The molecule has 2 fully saturated rings. The second kappa shape index (κ2) is 7.47. The summed E-state index contributed by atoms with van der Waals surface area (Å²) >= 11 is 0. The van der Waals surface area contributed by atoms with Gasteiger partial charge in [0, 0.05) is 57.8 Å². The average Bonchev–Trinajstić information content (AvgIpc) is 3.11. The molecule has 2 aromatic rings. The van der Waals surface area contributed by atoms with E-state index >= 15 is 0 Å². The van der Waals surface area contributed by atoms with Crippen molar-refractivity contribution in [3.05, 3.63) is 54.4 Å². The zero-order valence-electron chi connectivity index (χ0n) is 14.9. The van der Waals surface area contributed by atoms with E-state index in [0.717, 1.165) is 26.1 Å². The van der Waals surface area contributed by atoms with Gasteiger partial charge in [0.1, 0.15) is 12.0 Å². The van der Waals surface area contributed by atoms with E-state index < -0.39 is 0 Å². The standard InChI is InChI=1S/C19H23N5O2/c1-26-18-5-9-24(19(25)16-4-8-21-13-22-16)17-12-23(11-15(17)18)10-14-2-6-20-7-3-14/h2-4,6-8,13,15,17-18H,5,9-12H2,1H3/t15-,17+,18-/m1/s1.